The quantitative estimate of drug-likeness (QED) is 0.847. The lowest BCUT2D eigenvalue weighted by Gasteiger charge is -2.39. The van der Waals surface area contributed by atoms with Crippen molar-refractivity contribution in [1.82, 2.24) is 19.6 Å². The zero-order chi connectivity index (χ0) is 16.9. The van der Waals surface area contributed by atoms with Crippen molar-refractivity contribution < 1.29 is 4.79 Å². The monoisotopic (exact) mass is 326 g/mol. The fourth-order valence-electron chi connectivity index (χ4n) is 3.30. The van der Waals surface area contributed by atoms with Crippen LogP contribution >= 0.6 is 0 Å². The van der Waals surface area contributed by atoms with Crippen molar-refractivity contribution in [2.75, 3.05) is 26.2 Å². The lowest BCUT2D eigenvalue weighted by atomic mass is 10.1. The van der Waals surface area contributed by atoms with Gasteiger partial charge in [0.1, 0.15) is 0 Å². The number of para-hydroxylation sites is 1. The maximum Gasteiger partial charge on any atom is 0.223 e. The summed E-state index contributed by atoms with van der Waals surface area (Å²) in [5.74, 6) is 0.255. The number of carbonyl (C=O) groups excluding carboxylic acids is 1. The molecule has 1 aromatic heterocycles. The van der Waals surface area contributed by atoms with Crippen LogP contribution in [0.3, 0.4) is 0 Å². The van der Waals surface area contributed by atoms with Crippen molar-refractivity contribution in [1.29, 1.82) is 0 Å². The predicted octanol–water partition coefficient (Wildman–Crippen LogP) is 2.36. The van der Waals surface area contributed by atoms with Gasteiger partial charge in [-0.15, -0.1) is 0 Å². The topological polar surface area (TPSA) is 41.4 Å². The standard InChI is InChI=1S/C19H26N4O/c1-3-21-11-12-22(16(2)14-21)19(24)10-9-17-13-20-23(15-17)18-7-5-4-6-8-18/h4-8,13,15-16H,3,9-12,14H2,1-2H3/t16-/m1/s1. The van der Waals surface area contributed by atoms with E-state index in [1.807, 2.05) is 52.3 Å². The molecule has 0 unspecified atom stereocenters. The zero-order valence-corrected chi connectivity index (χ0v) is 14.6. The van der Waals surface area contributed by atoms with Gasteiger partial charge in [-0.3, -0.25) is 9.69 Å². The van der Waals surface area contributed by atoms with Crippen molar-refractivity contribution in [3.8, 4) is 5.69 Å². The summed E-state index contributed by atoms with van der Waals surface area (Å²) in [5, 5.41) is 4.40. The second-order valence-electron chi connectivity index (χ2n) is 6.46. The highest BCUT2D eigenvalue weighted by Gasteiger charge is 2.26. The summed E-state index contributed by atoms with van der Waals surface area (Å²) in [6, 6.07) is 10.3. The molecule has 0 saturated carbocycles. The van der Waals surface area contributed by atoms with Crippen LogP contribution in [0.4, 0.5) is 0 Å². The molecule has 24 heavy (non-hydrogen) atoms. The van der Waals surface area contributed by atoms with E-state index in [0.29, 0.717) is 12.5 Å². The third-order valence-electron chi connectivity index (χ3n) is 4.76. The minimum atomic E-state index is 0.255. The summed E-state index contributed by atoms with van der Waals surface area (Å²) in [7, 11) is 0. The number of aromatic nitrogens is 2. The van der Waals surface area contributed by atoms with Gasteiger partial charge < -0.3 is 4.90 Å². The van der Waals surface area contributed by atoms with Crippen LogP contribution in [-0.4, -0.2) is 57.7 Å². The Balaban J connectivity index is 1.54. The Hall–Kier alpha value is -2.14. The van der Waals surface area contributed by atoms with Gasteiger partial charge in [0.25, 0.3) is 0 Å². The molecule has 1 amide bonds. The van der Waals surface area contributed by atoms with E-state index in [4.69, 9.17) is 0 Å². The summed E-state index contributed by atoms with van der Waals surface area (Å²) in [6.07, 6.45) is 5.17. The van der Waals surface area contributed by atoms with Gasteiger partial charge in [-0.1, -0.05) is 25.1 Å². The first-order chi connectivity index (χ1) is 11.7. The number of benzene rings is 1. The largest absolute Gasteiger partial charge is 0.337 e. The Morgan fingerprint density at radius 3 is 2.75 bits per heavy atom. The van der Waals surface area contributed by atoms with Crippen LogP contribution < -0.4 is 0 Å². The normalized spacial score (nSPS) is 18.8. The Bertz CT molecular complexity index is 667. The lowest BCUT2D eigenvalue weighted by Crippen LogP contribution is -2.53. The average molecular weight is 326 g/mol. The van der Waals surface area contributed by atoms with E-state index in [-0.39, 0.29) is 5.91 Å². The fraction of sp³-hybridized carbons (Fsp3) is 0.474. The van der Waals surface area contributed by atoms with E-state index in [1.165, 1.54) is 0 Å². The summed E-state index contributed by atoms with van der Waals surface area (Å²) in [6.45, 7) is 8.19. The smallest absolute Gasteiger partial charge is 0.223 e. The number of carbonyl (C=O) groups is 1. The minimum Gasteiger partial charge on any atom is -0.337 e. The first-order valence-corrected chi connectivity index (χ1v) is 8.78. The van der Waals surface area contributed by atoms with Gasteiger partial charge >= 0.3 is 0 Å². The Kier molecular flexibility index (Phi) is 5.30. The van der Waals surface area contributed by atoms with Crippen LogP contribution in [0.15, 0.2) is 42.7 Å². The second-order valence-corrected chi connectivity index (χ2v) is 6.46. The number of piperazine rings is 1. The van der Waals surface area contributed by atoms with Crippen molar-refractivity contribution >= 4 is 5.91 Å². The van der Waals surface area contributed by atoms with Gasteiger partial charge in [0.15, 0.2) is 0 Å². The van der Waals surface area contributed by atoms with E-state index in [2.05, 4.69) is 23.8 Å². The predicted molar refractivity (Wildman–Crippen MR) is 95.2 cm³/mol. The Morgan fingerprint density at radius 2 is 2.04 bits per heavy atom. The van der Waals surface area contributed by atoms with E-state index < -0.39 is 0 Å². The van der Waals surface area contributed by atoms with Crippen molar-refractivity contribution in [3.63, 3.8) is 0 Å². The summed E-state index contributed by atoms with van der Waals surface area (Å²) >= 11 is 0. The molecule has 1 saturated heterocycles. The first-order valence-electron chi connectivity index (χ1n) is 8.78. The molecular weight excluding hydrogens is 300 g/mol. The van der Waals surface area contributed by atoms with Crippen LogP contribution in [0, 0.1) is 0 Å². The number of aryl methyl sites for hydroxylation is 1. The molecule has 0 bridgehead atoms. The Morgan fingerprint density at radius 1 is 1.25 bits per heavy atom. The van der Waals surface area contributed by atoms with Gasteiger partial charge in [0.05, 0.1) is 11.9 Å². The van der Waals surface area contributed by atoms with Gasteiger partial charge in [-0.05, 0) is 37.6 Å². The molecule has 3 rings (SSSR count). The van der Waals surface area contributed by atoms with Gasteiger partial charge in [-0.2, -0.15) is 5.10 Å². The highest BCUT2D eigenvalue weighted by Crippen LogP contribution is 2.13. The maximum atomic E-state index is 12.5. The number of amides is 1. The van der Waals surface area contributed by atoms with Crippen molar-refractivity contribution in [2.45, 2.75) is 32.7 Å². The van der Waals surface area contributed by atoms with Crippen LogP contribution in [0.5, 0.6) is 0 Å². The Labute approximate surface area is 143 Å². The zero-order valence-electron chi connectivity index (χ0n) is 14.6. The third-order valence-corrected chi connectivity index (χ3v) is 4.76. The molecule has 5 nitrogen and oxygen atoms in total. The SMILES string of the molecule is CCN1CCN(C(=O)CCc2cnn(-c3ccccc3)c2)[C@H](C)C1. The molecule has 5 heteroatoms. The second kappa shape index (κ2) is 7.62. The first kappa shape index (κ1) is 16.7. The molecule has 0 N–H and O–H groups in total. The molecule has 1 aliphatic heterocycles. The molecule has 0 radical (unpaired) electrons. The molecule has 0 spiro atoms. The maximum absolute atomic E-state index is 12.5. The van der Waals surface area contributed by atoms with Gasteiger partial charge in [0.2, 0.25) is 5.91 Å². The molecule has 128 valence electrons. The van der Waals surface area contributed by atoms with Crippen molar-refractivity contribution in [2.24, 2.45) is 0 Å². The fourth-order valence-corrected chi connectivity index (χ4v) is 3.30. The van der Waals surface area contributed by atoms with Crippen LogP contribution in [0.25, 0.3) is 5.69 Å². The highest BCUT2D eigenvalue weighted by atomic mass is 16.2. The number of nitrogens with zero attached hydrogens (tertiary/aromatic N) is 4. The van der Waals surface area contributed by atoms with Crippen molar-refractivity contribution in [3.05, 3.63) is 48.3 Å². The summed E-state index contributed by atoms with van der Waals surface area (Å²) < 4.78 is 1.86. The van der Waals surface area contributed by atoms with E-state index in [0.717, 1.165) is 43.9 Å². The number of likely N-dealkylation sites (N-methyl/N-ethyl adjacent to an activating group) is 1. The van der Waals surface area contributed by atoms with Gasteiger partial charge in [-0.25, -0.2) is 4.68 Å². The minimum absolute atomic E-state index is 0.255. The third kappa shape index (κ3) is 3.85. The van der Waals surface area contributed by atoms with E-state index in [9.17, 15) is 4.79 Å². The molecule has 1 aliphatic rings. The molecule has 1 fully saturated rings. The molecular formula is C19H26N4O. The van der Waals surface area contributed by atoms with E-state index in [1.54, 1.807) is 0 Å². The molecule has 2 aromatic rings. The van der Waals surface area contributed by atoms with E-state index >= 15 is 0 Å². The van der Waals surface area contributed by atoms with Crippen LogP contribution in [0.2, 0.25) is 0 Å². The number of hydrogen-bond donors (Lipinski definition) is 0. The van der Waals surface area contributed by atoms with Gasteiger partial charge in [0, 0.05) is 38.3 Å². The molecule has 1 aromatic carbocycles. The highest BCUT2D eigenvalue weighted by molar-refractivity contribution is 5.77. The summed E-state index contributed by atoms with van der Waals surface area (Å²) in [5.41, 5.74) is 2.14. The molecule has 0 aliphatic carbocycles. The number of rotatable bonds is 5. The summed E-state index contributed by atoms with van der Waals surface area (Å²) in [4.78, 5) is 17.0. The lowest BCUT2D eigenvalue weighted by molar-refractivity contribution is -0.135. The molecule has 1 atom stereocenters. The molecule has 2 heterocycles. The van der Waals surface area contributed by atoms with Crippen LogP contribution in [-0.2, 0) is 11.2 Å². The van der Waals surface area contributed by atoms with Crippen LogP contribution in [0.1, 0.15) is 25.8 Å². The number of hydrogen-bond acceptors (Lipinski definition) is 3. The average Bonchev–Trinajstić information content (AvgIpc) is 3.09.